The molecule has 1 N–H and O–H groups in total. The van der Waals surface area contributed by atoms with Crippen LogP contribution in [0.25, 0.3) is 0 Å². The average Bonchev–Trinajstić information content (AvgIpc) is 3.11. The fourth-order valence-corrected chi connectivity index (χ4v) is 4.67. The van der Waals surface area contributed by atoms with Crippen LogP contribution in [0.2, 0.25) is 0 Å². The Kier molecular flexibility index (Phi) is 4.64. The molecule has 1 aromatic rings. The number of carbonyl (C=O) groups is 2. The lowest BCUT2D eigenvalue weighted by Crippen LogP contribution is -2.42. The van der Waals surface area contributed by atoms with Crippen LogP contribution in [0.15, 0.2) is 24.3 Å². The molecule has 0 aromatic heterocycles. The summed E-state index contributed by atoms with van der Waals surface area (Å²) in [6.07, 6.45) is -1.28. The number of hydrogen-bond acceptors (Lipinski definition) is 2. The average molecular weight is 380 g/mol. The number of halogens is 3. The molecular formula is C20H23F3N2O2. The number of alkyl halides is 3. The minimum absolute atomic E-state index is 0.0131. The Labute approximate surface area is 156 Å². The summed E-state index contributed by atoms with van der Waals surface area (Å²) < 4.78 is 38.1. The number of nitrogens with zero attached hydrogens (tertiary/aromatic N) is 1. The first-order valence-corrected chi connectivity index (χ1v) is 9.57. The quantitative estimate of drug-likeness (QED) is 0.857. The van der Waals surface area contributed by atoms with Crippen molar-refractivity contribution in [2.45, 2.75) is 37.8 Å². The van der Waals surface area contributed by atoms with Crippen LogP contribution in [-0.4, -0.2) is 36.3 Å². The lowest BCUT2D eigenvalue weighted by molar-refractivity contribution is -0.138. The molecule has 1 aliphatic carbocycles. The molecular weight excluding hydrogens is 357 g/mol. The maximum Gasteiger partial charge on any atom is 0.416 e. The Balaban J connectivity index is 1.34. The van der Waals surface area contributed by atoms with Crippen LogP contribution in [0, 0.1) is 17.8 Å². The highest BCUT2D eigenvalue weighted by Crippen LogP contribution is 2.58. The normalized spacial score (nSPS) is 30.9. The third kappa shape index (κ3) is 3.69. The molecule has 0 bridgehead atoms. The molecule has 7 heteroatoms. The number of rotatable bonds is 2. The topological polar surface area (TPSA) is 49.4 Å². The van der Waals surface area contributed by atoms with E-state index in [0.717, 1.165) is 37.0 Å². The van der Waals surface area contributed by atoms with Gasteiger partial charge in [-0.15, -0.1) is 0 Å². The van der Waals surface area contributed by atoms with Gasteiger partial charge in [0.25, 0.3) is 0 Å². The van der Waals surface area contributed by atoms with E-state index in [9.17, 15) is 22.8 Å². The molecule has 4 rings (SSSR count). The first kappa shape index (κ1) is 18.3. The Hall–Kier alpha value is -2.05. The summed E-state index contributed by atoms with van der Waals surface area (Å²) >= 11 is 0. The lowest BCUT2D eigenvalue weighted by Gasteiger charge is -2.27. The third-order valence-electron chi connectivity index (χ3n) is 6.23. The van der Waals surface area contributed by atoms with Gasteiger partial charge in [0.15, 0.2) is 0 Å². The highest BCUT2D eigenvalue weighted by molar-refractivity contribution is 5.81. The highest BCUT2D eigenvalue weighted by Gasteiger charge is 2.57. The summed E-state index contributed by atoms with van der Waals surface area (Å²) in [5.74, 6) is 0.905. The molecule has 4 atom stereocenters. The van der Waals surface area contributed by atoms with Crippen molar-refractivity contribution in [1.82, 2.24) is 10.2 Å². The molecule has 4 nitrogen and oxygen atoms in total. The molecule has 1 unspecified atom stereocenters. The number of fused-ring (bicyclic) bond motifs is 1. The summed E-state index contributed by atoms with van der Waals surface area (Å²) in [5, 5.41) is 2.84. The van der Waals surface area contributed by atoms with Crippen LogP contribution in [-0.2, 0) is 15.8 Å². The highest BCUT2D eigenvalue weighted by atomic mass is 19.4. The van der Waals surface area contributed by atoms with Gasteiger partial charge in [0.05, 0.1) is 11.5 Å². The molecule has 2 amide bonds. The van der Waals surface area contributed by atoms with Crippen molar-refractivity contribution < 1.29 is 22.8 Å². The third-order valence-corrected chi connectivity index (χ3v) is 6.23. The minimum atomic E-state index is -4.31. The molecule has 0 radical (unpaired) electrons. The van der Waals surface area contributed by atoms with Crippen molar-refractivity contribution in [1.29, 1.82) is 0 Å². The van der Waals surface area contributed by atoms with Gasteiger partial charge >= 0.3 is 6.18 Å². The SMILES string of the molecule is O=C1CCCC[C@@H](C(=O)N2C[C@@H]3C(c4ccc(C(F)(F)F)cc4)[C@@H]3C2)CN1. The van der Waals surface area contributed by atoms with E-state index in [2.05, 4.69) is 5.32 Å². The van der Waals surface area contributed by atoms with Gasteiger partial charge in [0.2, 0.25) is 11.8 Å². The van der Waals surface area contributed by atoms with E-state index in [1.165, 1.54) is 0 Å². The molecule has 2 heterocycles. The maximum atomic E-state index is 12.8. The van der Waals surface area contributed by atoms with Crippen LogP contribution in [0.1, 0.15) is 42.7 Å². The van der Waals surface area contributed by atoms with Crippen molar-refractivity contribution in [2.75, 3.05) is 19.6 Å². The van der Waals surface area contributed by atoms with Gasteiger partial charge in [0.1, 0.15) is 0 Å². The zero-order valence-corrected chi connectivity index (χ0v) is 15.0. The van der Waals surface area contributed by atoms with Crippen LogP contribution < -0.4 is 5.32 Å². The summed E-state index contributed by atoms with van der Waals surface area (Å²) in [6, 6.07) is 5.43. The number of hydrogen-bond donors (Lipinski definition) is 1. The van der Waals surface area contributed by atoms with E-state index < -0.39 is 11.7 Å². The van der Waals surface area contributed by atoms with Crippen LogP contribution in [0.4, 0.5) is 13.2 Å². The maximum absolute atomic E-state index is 12.8. The molecule has 0 spiro atoms. The monoisotopic (exact) mass is 380 g/mol. The van der Waals surface area contributed by atoms with Gasteiger partial charge in [-0.1, -0.05) is 18.6 Å². The van der Waals surface area contributed by atoms with Crippen molar-refractivity contribution in [3.05, 3.63) is 35.4 Å². The van der Waals surface area contributed by atoms with E-state index in [1.807, 2.05) is 4.90 Å². The summed E-state index contributed by atoms with van der Waals surface area (Å²) in [4.78, 5) is 26.2. The van der Waals surface area contributed by atoms with Gasteiger partial charge in [-0.25, -0.2) is 0 Å². The van der Waals surface area contributed by atoms with Gasteiger partial charge in [-0.3, -0.25) is 9.59 Å². The number of benzene rings is 1. The van der Waals surface area contributed by atoms with E-state index >= 15 is 0 Å². The molecule has 3 fully saturated rings. The molecule has 2 saturated heterocycles. The fraction of sp³-hybridized carbons (Fsp3) is 0.600. The van der Waals surface area contributed by atoms with Crippen LogP contribution in [0.3, 0.4) is 0 Å². The van der Waals surface area contributed by atoms with Crippen LogP contribution in [0.5, 0.6) is 0 Å². The number of carbonyl (C=O) groups excluding carboxylic acids is 2. The second kappa shape index (κ2) is 6.84. The predicted molar refractivity (Wildman–Crippen MR) is 92.7 cm³/mol. The smallest absolute Gasteiger partial charge is 0.355 e. The Morgan fingerprint density at radius 1 is 1.07 bits per heavy atom. The van der Waals surface area contributed by atoms with Crippen molar-refractivity contribution in [2.24, 2.45) is 17.8 Å². The fourth-order valence-electron chi connectivity index (χ4n) is 4.67. The van der Waals surface area contributed by atoms with Gasteiger partial charge in [-0.05, 0) is 48.3 Å². The summed E-state index contributed by atoms with van der Waals surface area (Å²) in [7, 11) is 0. The number of nitrogens with one attached hydrogen (secondary N) is 1. The first-order valence-electron chi connectivity index (χ1n) is 9.57. The van der Waals surface area contributed by atoms with Gasteiger partial charge < -0.3 is 10.2 Å². The summed E-state index contributed by atoms with van der Waals surface area (Å²) in [5.41, 5.74) is 0.309. The zero-order chi connectivity index (χ0) is 19.2. The minimum Gasteiger partial charge on any atom is -0.355 e. The first-order chi connectivity index (χ1) is 12.8. The molecule has 1 saturated carbocycles. The Morgan fingerprint density at radius 2 is 1.74 bits per heavy atom. The van der Waals surface area contributed by atoms with Gasteiger partial charge in [-0.2, -0.15) is 13.2 Å². The number of piperidine rings is 1. The number of amides is 2. The molecule has 146 valence electrons. The van der Waals surface area contributed by atoms with E-state index in [0.29, 0.717) is 37.9 Å². The predicted octanol–water partition coefficient (Wildman–Crippen LogP) is 3.18. The van der Waals surface area contributed by atoms with Crippen molar-refractivity contribution in [3.63, 3.8) is 0 Å². The van der Waals surface area contributed by atoms with E-state index in [-0.39, 0.29) is 23.7 Å². The standard InChI is InChI=1S/C20H23F3N2O2/c21-20(22,23)14-7-5-12(6-8-14)18-15-10-25(11-16(15)18)19(27)13-3-1-2-4-17(26)24-9-13/h5-8,13,15-16,18H,1-4,9-11H2,(H,24,26)/t13-,15-,16+,18?/m1/s1. The van der Waals surface area contributed by atoms with Gasteiger partial charge in [0, 0.05) is 26.1 Å². The van der Waals surface area contributed by atoms with E-state index in [1.54, 1.807) is 12.1 Å². The largest absolute Gasteiger partial charge is 0.416 e. The summed E-state index contributed by atoms with van der Waals surface area (Å²) in [6.45, 7) is 1.74. The Bertz CT molecular complexity index is 720. The number of likely N-dealkylation sites (tertiary alicyclic amines) is 1. The zero-order valence-electron chi connectivity index (χ0n) is 15.0. The van der Waals surface area contributed by atoms with Crippen molar-refractivity contribution in [3.8, 4) is 0 Å². The molecule has 3 aliphatic rings. The molecule has 1 aromatic carbocycles. The second-order valence-corrected chi connectivity index (χ2v) is 7.96. The lowest BCUT2D eigenvalue weighted by atomic mass is 9.97. The molecule has 2 aliphatic heterocycles. The molecule has 27 heavy (non-hydrogen) atoms. The van der Waals surface area contributed by atoms with E-state index in [4.69, 9.17) is 0 Å². The van der Waals surface area contributed by atoms with Crippen LogP contribution >= 0.6 is 0 Å². The Morgan fingerprint density at radius 3 is 2.37 bits per heavy atom. The second-order valence-electron chi connectivity index (χ2n) is 7.96. The van der Waals surface area contributed by atoms with Crippen molar-refractivity contribution >= 4 is 11.8 Å².